The molecule has 1 aromatic carbocycles. The van der Waals surface area contributed by atoms with Crippen molar-refractivity contribution in [1.29, 1.82) is 0 Å². The molecule has 94 valence electrons. The van der Waals surface area contributed by atoms with Crippen LogP contribution in [0.5, 0.6) is 0 Å². The average Bonchev–Trinajstić information content (AvgIpc) is 2.28. The largest absolute Gasteiger partial charge is 0.399 e. The summed E-state index contributed by atoms with van der Waals surface area (Å²) in [4.78, 5) is 0. The van der Waals surface area contributed by atoms with Gasteiger partial charge in [-0.15, -0.1) is 0 Å². The van der Waals surface area contributed by atoms with Crippen molar-refractivity contribution in [2.24, 2.45) is 5.41 Å². The number of nitrogens with one attached hydrogen (secondary N) is 1. The third-order valence-corrected chi connectivity index (χ3v) is 4.07. The van der Waals surface area contributed by atoms with Crippen LogP contribution in [0.15, 0.2) is 18.2 Å². The average molecular weight is 234 g/mol. The Kier molecular flexibility index (Phi) is 3.04. The van der Waals surface area contributed by atoms with Gasteiger partial charge in [-0.1, -0.05) is 13.8 Å². The van der Waals surface area contributed by atoms with Crippen LogP contribution in [-0.2, 0) is 4.74 Å². The van der Waals surface area contributed by atoms with E-state index < -0.39 is 0 Å². The first kappa shape index (κ1) is 12.2. The number of anilines is 2. The van der Waals surface area contributed by atoms with E-state index in [1.165, 1.54) is 0 Å². The molecule has 0 bridgehead atoms. The van der Waals surface area contributed by atoms with E-state index in [4.69, 9.17) is 10.5 Å². The second-order valence-corrected chi connectivity index (χ2v) is 5.55. The normalized spacial score (nSPS) is 26.4. The van der Waals surface area contributed by atoms with Crippen molar-refractivity contribution in [2.75, 3.05) is 18.2 Å². The Hall–Kier alpha value is -1.22. The van der Waals surface area contributed by atoms with E-state index in [0.29, 0.717) is 12.1 Å². The lowest BCUT2D eigenvalue weighted by Gasteiger charge is -2.51. The van der Waals surface area contributed by atoms with Gasteiger partial charge in [0.2, 0.25) is 0 Å². The first-order valence-electron chi connectivity index (χ1n) is 6.10. The summed E-state index contributed by atoms with van der Waals surface area (Å²) < 4.78 is 5.45. The van der Waals surface area contributed by atoms with Gasteiger partial charge in [-0.05, 0) is 37.1 Å². The van der Waals surface area contributed by atoms with Gasteiger partial charge in [0.05, 0.1) is 6.10 Å². The van der Waals surface area contributed by atoms with Crippen LogP contribution in [0.25, 0.3) is 0 Å². The molecule has 17 heavy (non-hydrogen) atoms. The number of hydrogen-bond acceptors (Lipinski definition) is 3. The molecule has 1 fully saturated rings. The van der Waals surface area contributed by atoms with Crippen molar-refractivity contribution in [1.82, 2.24) is 0 Å². The zero-order valence-electron chi connectivity index (χ0n) is 11.1. The Morgan fingerprint density at radius 1 is 1.41 bits per heavy atom. The highest BCUT2D eigenvalue weighted by atomic mass is 16.5. The topological polar surface area (TPSA) is 47.3 Å². The van der Waals surface area contributed by atoms with Crippen LogP contribution in [0.2, 0.25) is 0 Å². The Morgan fingerprint density at radius 3 is 2.65 bits per heavy atom. The molecular weight excluding hydrogens is 212 g/mol. The molecule has 0 amide bonds. The molecule has 0 aliphatic heterocycles. The number of methoxy groups -OCH3 is 1. The van der Waals surface area contributed by atoms with Crippen LogP contribution in [0.4, 0.5) is 11.4 Å². The number of ether oxygens (including phenoxy) is 1. The van der Waals surface area contributed by atoms with Crippen molar-refractivity contribution in [3.8, 4) is 0 Å². The minimum atomic E-state index is 0.185. The predicted octanol–water partition coefficient (Wildman–Crippen LogP) is 2.80. The molecule has 2 rings (SSSR count). The SMILES string of the molecule is COC1CC(Nc2ccc(N)c(C)c2)C1(C)C. The molecule has 1 aliphatic carbocycles. The summed E-state index contributed by atoms with van der Waals surface area (Å²) >= 11 is 0. The summed E-state index contributed by atoms with van der Waals surface area (Å²) in [5.74, 6) is 0. The van der Waals surface area contributed by atoms with Crippen LogP contribution in [0, 0.1) is 12.3 Å². The molecule has 0 aromatic heterocycles. The Morgan fingerprint density at radius 2 is 2.12 bits per heavy atom. The van der Waals surface area contributed by atoms with Gasteiger partial charge in [0.15, 0.2) is 0 Å². The monoisotopic (exact) mass is 234 g/mol. The third-order valence-electron chi connectivity index (χ3n) is 4.07. The van der Waals surface area contributed by atoms with Crippen molar-refractivity contribution in [2.45, 2.75) is 39.3 Å². The fourth-order valence-corrected chi connectivity index (χ4v) is 2.50. The predicted molar refractivity (Wildman–Crippen MR) is 72.2 cm³/mol. The second kappa shape index (κ2) is 4.22. The summed E-state index contributed by atoms with van der Waals surface area (Å²) in [6, 6.07) is 6.57. The minimum Gasteiger partial charge on any atom is -0.399 e. The first-order valence-corrected chi connectivity index (χ1v) is 6.10. The number of hydrogen-bond donors (Lipinski definition) is 2. The fraction of sp³-hybridized carbons (Fsp3) is 0.571. The Bertz CT molecular complexity index is 415. The molecule has 0 spiro atoms. The van der Waals surface area contributed by atoms with Crippen molar-refractivity contribution in [3.63, 3.8) is 0 Å². The van der Waals surface area contributed by atoms with E-state index in [-0.39, 0.29) is 5.41 Å². The van der Waals surface area contributed by atoms with Gasteiger partial charge in [-0.25, -0.2) is 0 Å². The number of nitrogens with two attached hydrogens (primary N) is 1. The Balaban J connectivity index is 2.05. The number of aryl methyl sites for hydroxylation is 1. The van der Waals surface area contributed by atoms with Crippen LogP contribution in [-0.4, -0.2) is 19.3 Å². The maximum Gasteiger partial charge on any atom is 0.0661 e. The lowest BCUT2D eigenvalue weighted by Crippen LogP contribution is -2.57. The lowest BCUT2D eigenvalue weighted by molar-refractivity contribution is -0.0794. The highest BCUT2D eigenvalue weighted by Gasteiger charge is 2.48. The Labute approximate surface area is 103 Å². The van der Waals surface area contributed by atoms with E-state index in [0.717, 1.165) is 23.4 Å². The molecule has 0 radical (unpaired) electrons. The van der Waals surface area contributed by atoms with Crippen LogP contribution in [0.1, 0.15) is 25.8 Å². The van der Waals surface area contributed by atoms with Crippen LogP contribution >= 0.6 is 0 Å². The summed E-state index contributed by atoms with van der Waals surface area (Å²) in [7, 11) is 1.79. The fourth-order valence-electron chi connectivity index (χ4n) is 2.50. The zero-order chi connectivity index (χ0) is 12.6. The number of rotatable bonds is 3. The molecule has 0 heterocycles. The highest BCUT2D eigenvalue weighted by Crippen LogP contribution is 2.44. The van der Waals surface area contributed by atoms with Gasteiger partial charge in [0.1, 0.15) is 0 Å². The molecule has 1 aliphatic rings. The number of nitrogen functional groups attached to an aromatic ring is 1. The molecule has 3 N–H and O–H groups in total. The van der Waals surface area contributed by atoms with Gasteiger partial charge < -0.3 is 15.8 Å². The molecule has 3 nitrogen and oxygen atoms in total. The van der Waals surface area contributed by atoms with E-state index in [2.05, 4.69) is 25.2 Å². The van der Waals surface area contributed by atoms with Gasteiger partial charge in [-0.3, -0.25) is 0 Å². The molecule has 2 atom stereocenters. The van der Waals surface area contributed by atoms with Gasteiger partial charge in [0, 0.05) is 29.9 Å². The maximum atomic E-state index is 5.82. The summed E-state index contributed by atoms with van der Waals surface area (Å²) in [5.41, 5.74) is 9.11. The molecule has 2 unspecified atom stereocenters. The summed E-state index contributed by atoms with van der Waals surface area (Å²) in [6.45, 7) is 6.52. The first-order chi connectivity index (χ1) is 7.95. The van der Waals surface area contributed by atoms with Crippen molar-refractivity contribution in [3.05, 3.63) is 23.8 Å². The molecule has 1 saturated carbocycles. The van der Waals surface area contributed by atoms with E-state index >= 15 is 0 Å². The van der Waals surface area contributed by atoms with Gasteiger partial charge in [0.25, 0.3) is 0 Å². The van der Waals surface area contributed by atoms with Crippen LogP contribution in [0.3, 0.4) is 0 Å². The molecule has 1 aromatic rings. The molecule has 0 saturated heterocycles. The lowest BCUT2D eigenvalue weighted by atomic mass is 9.64. The summed E-state index contributed by atoms with van der Waals surface area (Å²) in [5, 5.41) is 3.57. The van der Waals surface area contributed by atoms with Gasteiger partial charge in [-0.2, -0.15) is 0 Å². The smallest absolute Gasteiger partial charge is 0.0661 e. The second-order valence-electron chi connectivity index (χ2n) is 5.55. The standard InChI is InChI=1S/C14H22N2O/c1-9-7-10(5-6-11(9)15)16-12-8-13(17-4)14(12,2)3/h5-7,12-13,16H,8,15H2,1-4H3. The van der Waals surface area contributed by atoms with Gasteiger partial charge >= 0.3 is 0 Å². The van der Waals surface area contributed by atoms with E-state index in [1.807, 2.05) is 19.1 Å². The molecule has 3 heteroatoms. The highest BCUT2D eigenvalue weighted by molar-refractivity contribution is 5.57. The van der Waals surface area contributed by atoms with Crippen molar-refractivity contribution >= 4 is 11.4 Å². The summed E-state index contributed by atoms with van der Waals surface area (Å²) in [6.07, 6.45) is 1.42. The quantitative estimate of drug-likeness (QED) is 0.791. The third kappa shape index (κ3) is 2.12. The van der Waals surface area contributed by atoms with E-state index in [9.17, 15) is 0 Å². The maximum absolute atomic E-state index is 5.82. The molecular formula is C14H22N2O. The zero-order valence-corrected chi connectivity index (χ0v) is 11.1. The van der Waals surface area contributed by atoms with E-state index in [1.54, 1.807) is 7.11 Å². The van der Waals surface area contributed by atoms with Crippen LogP contribution < -0.4 is 11.1 Å². The minimum absolute atomic E-state index is 0.185. The number of benzene rings is 1. The van der Waals surface area contributed by atoms with Crippen molar-refractivity contribution < 1.29 is 4.74 Å².